The second kappa shape index (κ2) is 9.62. The van der Waals surface area contributed by atoms with Gasteiger partial charge in [-0.15, -0.1) is 0 Å². The Kier molecular flexibility index (Phi) is 6.82. The summed E-state index contributed by atoms with van der Waals surface area (Å²) in [5.74, 6) is 0.634. The van der Waals surface area contributed by atoms with Crippen LogP contribution in [0.4, 0.5) is 19.0 Å². The van der Waals surface area contributed by atoms with Crippen molar-refractivity contribution in [1.29, 1.82) is 0 Å². The SMILES string of the molecule is C[C@@H]1CN(Cc2cn[nH]c2-c2ccc(CS(=O)O)cc2)CCN1c1ccc(C(F)(F)F)cn1. The average molecular weight is 480 g/mol. The summed E-state index contributed by atoms with van der Waals surface area (Å²) >= 11 is -1.88. The minimum absolute atomic E-state index is 0.0805. The lowest BCUT2D eigenvalue weighted by atomic mass is 10.1. The number of anilines is 1. The molecule has 33 heavy (non-hydrogen) atoms. The van der Waals surface area contributed by atoms with E-state index in [9.17, 15) is 17.4 Å². The van der Waals surface area contributed by atoms with Gasteiger partial charge in [-0.2, -0.15) is 18.3 Å². The lowest BCUT2D eigenvalue weighted by Gasteiger charge is -2.40. The van der Waals surface area contributed by atoms with Crippen LogP contribution in [0.3, 0.4) is 0 Å². The van der Waals surface area contributed by atoms with Gasteiger partial charge in [0.15, 0.2) is 11.1 Å². The van der Waals surface area contributed by atoms with Crippen LogP contribution in [0.1, 0.15) is 23.6 Å². The molecular weight excluding hydrogens is 455 g/mol. The van der Waals surface area contributed by atoms with Crippen molar-refractivity contribution in [1.82, 2.24) is 20.1 Å². The Labute approximate surface area is 191 Å². The highest BCUT2D eigenvalue weighted by atomic mass is 32.2. The van der Waals surface area contributed by atoms with E-state index in [0.29, 0.717) is 18.9 Å². The van der Waals surface area contributed by atoms with Gasteiger partial charge in [0.25, 0.3) is 0 Å². The summed E-state index contributed by atoms with van der Waals surface area (Å²) in [6.45, 7) is 4.83. The summed E-state index contributed by atoms with van der Waals surface area (Å²) in [4.78, 5) is 8.34. The minimum atomic E-state index is -4.39. The first-order valence-corrected chi connectivity index (χ1v) is 11.7. The van der Waals surface area contributed by atoms with Crippen molar-refractivity contribution < 1.29 is 21.9 Å². The van der Waals surface area contributed by atoms with Crippen LogP contribution in [0, 0.1) is 0 Å². The van der Waals surface area contributed by atoms with Gasteiger partial charge in [-0.3, -0.25) is 10.00 Å². The number of H-pyrrole nitrogens is 1. The molecule has 3 aromatic rings. The third-order valence-corrected chi connectivity index (χ3v) is 6.31. The Hall–Kier alpha value is -2.76. The molecule has 0 spiro atoms. The van der Waals surface area contributed by atoms with E-state index in [1.54, 1.807) is 6.20 Å². The van der Waals surface area contributed by atoms with Crippen LogP contribution < -0.4 is 4.90 Å². The minimum Gasteiger partial charge on any atom is -0.351 e. The Bertz CT molecular complexity index is 1100. The lowest BCUT2D eigenvalue weighted by molar-refractivity contribution is -0.137. The van der Waals surface area contributed by atoms with Gasteiger partial charge in [-0.05, 0) is 30.2 Å². The molecule has 176 valence electrons. The predicted octanol–water partition coefficient (Wildman–Crippen LogP) is 3.92. The second-order valence-corrected chi connectivity index (χ2v) is 9.04. The van der Waals surface area contributed by atoms with E-state index >= 15 is 0 Å². The fourth-order valence-electron chi connectivity index (χ4n) is 4.07. The monoisotopic (exact) mass is 479 g/mol. The van der Waals surface area contributed by atoms with E-state index < -0.39 is 22.8 Å². The van der Waals surface area contributed by atoms with Crippen LogP contribution in [-0.2, 0) is 29.6 Å². The molecule has 1 unspecified atom stereocenters. The van der Waals surface area contributed by atoms with Crippen LogP contribution in [0.25, 0.3) is 11.3 Å². The van der Waals surface area contributed by atoms with Crippen LogP contribution >= 0.6 is 0 Å². The number of aromatic amines is 1. The molecule has 0 aliphatic carbocycles. The molecule has 11 heteroatoms. The van der Waals surface area contributed by atoms with Crippen molar-refractivity contribution in [2.24, 2.45) is 0 Å². The number of aromatic nitrogens is 3. The Balaban J connectivity index is 1.40. The summed E-state index contributed by atoms with van der Waals surface area (Å²) < 4.78 is 58.4. The fraction of sp³-hybridized carbons (Fsp3) is 0.364. The largest absolute Gasteiger partial charge is 0.417 e. The van der Waals surface area contributed by atoms with Gasteiger partial charge in [0, 0.05) is 44.0 Å². The van der Waals surface area contributed by atoms with Crippen molar-refractivity contribution in [3.8, 4) is 11.3 Å². The van der Waals surface area contributed by atoms with E-state index in [-0.39, 0.29) is 11.8 Å². The number of alkyl halides is 3. The molecule has 2 atom stereocenters. The number of hydrogen-bond donors (Lipinski definition) is 2. The molecule has 1 fully saturated rings. The highest BCUT2D eigenvalue weighted by molar-refractivity contribution is 7.78. The second-order valence-electron chi connectivity index (χ2n) is 8.11. The number of pyridine rings is 1. The van der Waals surface area contributed by atoms with Gasteiger partial charge in [0.1, 0.15) is 5.82 Å². The number of piperazine rings is 1. The number of nitrogens with zero attached hydrogens (tertiary/aromatic N) is 4. The Morgan fingerprint density at radius 2 is 1.91 bits per heavy atom. The predicted molar refractivity (Wildman–Crippen MR) is 120 cm³/mol. The number of halogens is 3. The lowest BCUT2D eigenvalue weighted by Crippen LogP contribution is -2.51. The maximum atomic E-state index is 12.8. The van der Waals surface area contributed by atoms with Gasteiger partial charge in [-0.1, -0.05) is 24.3 Å². The number of rotatable bonds is 6. The van der Waals surface area contributed by atoms with E-state index in [1.165, 1.54) is 6.07 Å². The molecular formula is C22H24F3N5O2S. The molecule has 1 aromatic carbocycles. The molecule has 3 heterocycles. The number of benzene rings is 1. The molecule has 1 aliphatic heterocycles. The van der Waals surface area contributed by atoms with Crippen molar-refractivity contribution >= 4 is 16.9 Å². The molecule has 0 radical (unpaired) electrons. The average Bonchev–Trinajstić information content (AvgIpc) is 3.21. The zero-order chi connectivity index (χ0) is 23.6. The molecule has 0 amide bonds. The third kappa shape index (κ3) is 5.60. The summed E-state index contributed by atoms with van der Waals surface area (Å²) in [7, 11) is 0. The van der Waals surface area contributed by atoms with Crippen molar-refractivity contribution in [2.75, 3.05) is 24.5 Å². The standard InChI is InChI=1S/C22H24F3N5O2S/c1-15-12-29(8-9-30(15)20-7-6-19(11-26-20)22(23,24)25)13-18-10-27-28-21(18)17-4-2-16(3-5-17)14-33(31)32/h2-7,10-11,15H,8-9,12-14H2,1H3,(H,27,28)(H,31,32)/t15-/m1/s1. The smallest absolute Gasteiger partial charge is 0.351 e. The van der Waals surface area contributed by atoms with Gasteiger partial charge in [0.05, 0.1) is 23.2 Å². The highest BCUT2D eigenvalue weighted by Crippen LogP contribution is 2.30. The molecule has 1 saturated heterocycles. The van der Waals surface area contributed by atoms with Gasteiger partial charge in [-0.25, -0.2) is 9.19 Å². The Morgan fingerprint density at radius 3 is 2.52 bits per heavy atom. The zero-order valence-corrected chi connectivity index (χ0v) is 18.7. The van der Waals surface area contributed by atoms with E-state index in [4.69, 9.17) is 4.55 Å². The maximum Gasteiger partial charge on any atom is 0.417 e. The molecule has 0 bridgehead atoms. The summed E-state index contributed by atoms with van der Waals surface area (Å²) in [6.07, 6.45) is -1.72. The Morgan fingerprint density at radius 1 is 1.15 bits per heavy atom. The van der Waals surface area contributed by atoms with Crippen LogP contribution in [-0.4, -0.2) is 54.5 Å². The molecule has 2 N–H and O–H groups in total. The number of nitrogens with one attached hydrogen (secondary N) is 1. The summed E-state index contributed by atoms with van der Waals surface area (Å²) in [6, 6.07) is 10.0. The first kappa shape index (κ1) is 23.4. The van der Waals surface area contributed by atoms with E-state index in [0.717, 1.165) is 47.7 Å². The van der Waals surface area contributed by atoms with Gasteiger partial charge in [0.2, 0.25) is 0 Å². The molecule has 2 aromatic heterocycles. The zero-order valence-electron chi connectivity index (χ0n) is 17.9. The molecule has 7 nitrogen and oxygen atoms in total. The van der Waals surface area contributed by atoms with E-state index in [2.05, 4.69) is 20.1 Å². The van der Waals surface area contributed by atoms with Crippen LogP contribution in [0.5, 0.6) is 0 Å². The van der Waals surface area contributed by atoms with Gasteiger partial charge >= 0.3 is 6.18 Å². The van der Waals surface area contributed by atoms with Crippen molar-refractivity contribution in [3.05, 3.63) is 65.5 Å². The molecule has 1 aliphatic rings. The quantitative estimate of drug-likeness (QED) is 0.522. The van der Waals surface area contributed by atoms with Crippen molar-refractivity contribution in [3.63, 3.8) is 0 Å². The maximum absolute atomic E-state index is 12.8. The summed E-state index contributed by atoms with van der Waals surface area (Å²) in [5.41, 5.74) is 2.90. The number of hydrogen-bond acceptors (Lipinski definition) is 5. The molecule has 0 saturated carbocycles. The first-order valence-electron chi connectivity index (χ1n) is 10.4. The normalized spacial score (nSPS) is 18.5. The topological polar surface area (TPSA) is 85.3 Å². The highest BCUT2D eigenvalue weighted by Gasteiger charge is 2.31. The van der Waals surface area contributed by atoms with Gasteiger partial charge < -0.3 is 9.45 Å². The molecule has 4 rings (SSSR count). The van der Waals surface area contributed by atoms with Crippen molar-refractivity contribution in [2.45, 2.75) is 31.4 Å². The van der Waals surface area contributed by atoms with Crippen LogP contribution in [0.15, 0.2) is 48.8 Å². The fourth-order valence-corrected chi connectivity index (χ4v) is 4.55. The van der Waals surface area contributed by atoms with Crippen LogP contribution in [0.2, 0.25) is 0 Å². The van der Waals surface area contributed by atoms with E-state index in [1.807, 2.05) is 36.1 Å². The summed E-state index contributed by atoms with van der Waals surface area (Å²) in [5, 5.41) is 7.23. The third-order valence-electron chi connectivity index (χ3n) is 5.73. The first-order chi connectivity index (χ1) is 15.7.